The number of aromatic nitrogens is 2. The summed E-state index contributed by atoms with van der Waals surface area (Å²) in [6.45, 7) is 15.4. The highest BCUT2D eigenvalue weighted by atomic mass is 28.4. The summed E-state index contributed by atoms with van der Waals surface area (Å²) >= 11 is 0. The number of anilines is 3. The van der Waals surface area contributed by atoms with E-state index in [9.17, 15) is 4.79 Å². The molecular formula is C30H43N5O3Si. The molecule has 1 amide bonds. The number of alkyl carbamates (subject to hydrolysis) is 1. The van der Waals surface area contributed by atoms with Crippen LogP contribution in [0.5, 0.6) is 0 Å². The van der Waals surface area contributed by atoms with E-state index >= 15 is 0 Å². The molecule has 0 saturated heterocycles. The highest BCUT2D eigenvalue weighted by molar-refractivity contribution is 6.74. The molecule has 0 atom stereocenters. The van der Waals surface area contributed by atoms with Gasteiger partial charge in [0.25, 0.3) is 0 Å². The third kappa shape index (κ3) is 9.07. The predicted molar refractivity (Wildman–Crippen MR) is 162 cm³/mol. The number of amides is 1. The van der Waals surface area contributed by atoms with Crippen molar-refractivity contribution in [1.29, 1.82) is 0 Å². The van der Waals surface area contributed by atoms with Gasteiger partial charge in [-0.15, -0.1) is 0 Å². The largest absolute Gasteiger partial charge is 0.450 e. The highest BCUT2D eigenvalue weighted by Gasteiger charge is 2.37. The van der Waals surface area contributed by atoms with Crippen molar-refractivity contribution in [2.75, 3.05) is 37.0 Å². The lowest BCUT2D eigenvalue weighted by Crippen LogP contribution is -2.40. The summed E-state index contributed by atoms with van der Waals surface area (Å²) in [4.78, 5) is 22.6. The Morgan fingerprint density at radius 2 is 1.85 bits per heavy atom. The minimum Gasteiger partial charge on any atom is -0.450 e. The number of pyridine rings is 2. The van der Waals surface area contributed by atoms with Crippen LogP contribution in [0.1, 0.15) is 39.7 Å². The number of nitrogens with zero attached hydrogens (tertiary/aromatic N) is 3. The number of rotatable bonds is 12. The summed E-state index contributed by atoms with van der Waals surface area (Å²) in [5, 5.41) is 6.35. The van der Waals surface area contributed by atoms with Gasteiger partial charge in [-0.25, -0.2) is 14.8 Å². The maximum Gasteiger partial charge on any atom is 0.407 e. The maximum absolute atomic E-state index is 11.4. The molecule has 2 heterocycles. The zero-order valence-corrected chi connectivity index (χ0v) is 25.4. The van der Waals surface area contributed by atoms with Gasteiger partial charge in [-0.3, -0.25) is 0 Å². The van der Waals surface area contributed by atoms with E-state index in [1.165, 1.54) is 0 Å². The number of benzene rings is 1. The molecule has 0 bridgehead atoms. The number of nitrogens with one attached hydrogen (secondary N) is 2. The fraction of sp³-hybridized carbons (Fsp3) is 0.433. The van der Waals surface area contributed by atoms with E-state index in [-0.39, 0.29) is 11.1 Å². The fourth-order valence-electron chi connectivity index (χ4n) is 3.63. The van der Waals surface area contributed by atoms with Crippen molar-refractivity contribution in [1.82, 2.24) is 15.3 Å². The molecule has 0 fully saturated rings. The molecule has 0 aliphatic heterocycles. The number of hydrogen-bond acceptors (Lipinski definition) is 7. The molecule has 0 saturated carbocycles. The predicted octanol–water partition coefficient (Wildman–Crippen LogP) is 6.98. The van der Waals surface area contributed by atoms with E-state index in [0.29, 0.717) is 19.8 Å². The molecule has 0 spiro atoms. The van der Waals surface area contributed by atoms with Gasteiger partial charge in [-0.05, 0) is 79.0 Å². The van der Waals surface area contributed by atoms with E-state index in [0.717, 1.165) is 47.0 Å². The first kappa shape index (κ1) is 30.1. The second kappa shape index (κ2) is 13.6. The minimum absolute atomic E-state index is 0.179. The number of carbonyl (C=O) groups excluding carboxylic acids is 1. The first-order valence-electron chi connectivity index (χ1n) is 13.5. The van der Waals surface area contributed by atoms with Gasteiger partial charge in [-0.1, -0.05) is 32.9 Å². The Morgan fingerprint density at radius 3 is 2.54 bits per heavy atom. The van der Waals surface area contributed by atoms with E-state index in [1.807, 2.05) is 43.6 Å². The molecule has 0 radical (unpaired) electrons. The molecule has 0 aliphatic carbocycles. The van der Waals surface area contributed by atoms with Crippen molar-refractivity contribution in [3.63, 3.8) is 0 Å². The third-order valence-corrected chi connectivity index (χ3v) is 11.5. The van der Waals surface area contributed by atoms with Gasteiger partial charge in [0.1, 0.15) is 11.6 Å². The summed E-state index contributed by atoms with van der Waals surface area (Å²) in [6, 6.07) is 16.4. The second-order valence-corrected chi connectivity index (χ2v) is 15.9. The quantitative estimate of drug-likeness (QED) is 0.186. The molecule has 9 heteroatoms. The summed E-state index contributed by atoms with van der Waals surface area (Å²) in [7, 11) is 0.180. The molecule has 2 N–H and O–H groups in total. The Hall–Kier alpha value is -3.43. The minimum atomic E-state index is -1.81. The first-order valence-corrected chi connectivity index (χ1v) is 16.4. The van der Waals surface area contributed by atoms with Gasteiger partial charge < -0.3 is 24.7 Å². The zero-order valence-electron chi connectivity index (χ0n) is 24.4. The van der Waals surface area contributed by atoms with Gasteiger partial charge in [-0.2, -0.15) is 0 Å². The lowest BCUT2D eigenvalue weighted by Gasteiger charge is -2.36. The van der Waals surface area contributed by atoms with E-state index in [4.69, 9.17) is 9.16 Å². The number of ether oxygens (including phenoxy) is 1. The highest BCUT2D eigenvalue weighted by Crippen LogP contribution is 2.37. The van der Waals surface area contributed by atoms with E-state index < -0.39 is 8.32 Å². The Labute approximate surface area is 234 Å². The van der Waals surface area contributed by atoms with Crippen LogP contribution in [0.15, 0.2) is 60.9 Å². The maximum atomic E-state index is 11.4. The summed E-state index contributed by atoms with van der Waals surface area (Å²) < 4.78 is 11.3. The van der Waals surface area contributed by atoms with Crippen LogP contribution < -0.4 is 15.5 Å². The third-order valence-electron chi connectivity index (χ3n) is 7.05. The second-order valence-electron chi connectivity index (χ2n) is 11.1. The van der Waals surface area contributed by atoms with Crippen LogP contribution in [0.2, 0.25) is 18.1 Å². The lowest BCUT2D eigenvalue weighted by molar-refractivity contribution is 0.152. The Morgan fingerprint density at radius 1 is 1.05 bits per heavy atom. The van der Waals surface area contributed by atoms with Gasteiger partial charge >= 0.3 is 6.09 Å². The average Bonchev–Trinajstić information content (AvgIpc) is 2.90. The molecule has 8 nitrogen and oxygen atoms in total. The van der Waals surface area contributed by atoms with Crippen molar-refractivity contribution in [2.45, 2.75) is 58.9 Å². The van der Waals surface area contributed by atoms with Crippen molar-refractivity contribution < 1.29 is 14.0 Å². The van der Waals surface area contributed by atoms with Crippen molar-refractivity contribution in [2.24, 2.45) is 0 Å². The zero-order chi connectivity index (χ0) is 28.5. The van der Waals surface area contributed by atoms with E-state index in [1.54, 1.807) is 13.1 Å². The van der Waals surface area contributed by atoms with Crippen LogP contribution >= 0.6 is 0 Å². The van der Waals surface area contributed by atoms with Crippen molar-refractivity contribution in [3.05, 3.63) is 66.5 Å². The van der Waals surface area contributed by atoms with Crippen molar-refractivity contribution in [3.8, 4) is 11.1 Å². The van der Waals surface area contributed by atoms with Crippen LogP contribution in [0.4, 0.5) is 22.1 Å². The van der Waals surface area contributed by atoms with Gasteiger partial charge in [0.2, 0.25) is 0 Å². The Kier molecular flexibility index (Phi) is 10.5. The van der Waals surface area contributed by atoms with Crippen LogP contribution in [-0.2, 0) is 15.8 Å². The summed E-state index contributed by atoms with van der Waals surface area (Å²) in [5.74, 6) is 1.64. The number of hydrogen-bond donors (Lipinski definition) is 2. The number of carbonyl (C=O) groups is 1. The molecule has 1 aromatic carbocycles. The smallest absolute Gasteiger partial charge is 0.407 e. The average molecular weight is 550 g/mol. The molecule has 0 aliphatic rings. The van der Waals surface area contributed by atoms with Gasteiger partial charge in [0, 0.05) is 43.8 Å². The molecule has 2 aromatic heterocycles. The Bertz CT molecular complexity index is 1210. The fourth-order valence-corrected chi connectivity index (χ4v) is 4.59. The summed E-state index contributed by atoms with van der Waals surface area (Å²) in [6.07, 6.45) is 4.10. The SMILES string of the molecule is CCOC(=O)NCCCN(C)c1ccc(-c2ccnc(Nc3cccc(CO[Si](C)(C)C(C)(C)C)c3)c2)cn1. The molecular weight excluding hydrogens is 506 g/mol. The molecule has 39 heavy (non-hydrogen) atoms. The topological polar surface area (TPSA) is 88.6 Å². The van der Waals surface area contributed by atoms with Crippen LogP contribution in [0.25, 0.3) is 11.1 Å². The van der Waals surface area contributed by atoms with E-state index in [2.05, 4.69) is 77.6 Å². The Balaban J connectivity index is 1.58. The molecule has 210 valence electrons. The summed E-state index contributed by atoms with van der Waals surface area (Å²) in [5.41, 5.74) is 4.16. The normalized spacial score (nSPS) is 11.7. The van der Waals surface area contributed by atoms with Crippen LogP contribution in [0.3, 0.4) is 0 Å². The standard InChI is InChI=1S/C30H43N5O3Si/c1-8-37-29(36)32-16-10-18-35(5)28-14-13-25(21-33-28)24-15-17-31-27(20-24)34-26-12-9-11-23(19-26)22-38-39(6,7)30(2,3)4/h9,11-15,17,19-21H,8,10,16,18,22H2,1-7H3,(H,31,34)(H,32,36). The molecule has 3 rings (SSSR count). The van der Waals surface area contributed by atoms with Crippen molar-refractivity contribution >= 4 is 31.7 Å². The van der Waals surface area contributed by atoms with Crippen LogP contribution in [-0.4, -0.2) is 51.1 Å². The first-order chi connectivity index (χ1) is 18.5. The molecule has 0 unspecified atom stereocenters. The lowest BCUT2D eigenvalue weighted by atomic mass is 10.1. The van der Waals surface area contributed by atoms with Crippen LogP contribution in [0, 0.1) is 0 Å². The monoisotopic (exact) mass is 549 g/mol. The van der Waals surface area contributed by atoms with Gasteiger partial charge in [0.15, 0.2) is 8.32 Å². The molecule has 3 aromatic rings. The van der Waals surface area contributed by atoms with Gasteiger partial charge in [0.05, 0.1) is 13.2 Å².